The van der Waals surface area contributed by atoms with Gasteiger partial charge in [0.25, 0.3) is 5.91 Å². The second kappa shape index (κ2) is 8.33. The van der Waals surface area contributed by atoms with E-state index in [-0.39, 0.29) is 42.5 Å². The van der Waals surface area contributed by atoms with Gasteiger partial charge in [-0.15, -0.1) is 0 Å². The molecule has 0 bridgehead atoms. The van der Waals surface area contributed by atoms with E-state index in [0.717, 1.165) is 25.7 Å². The summed E-state index contributed by atoms with van der Waals surface area (Å²) in [5, 5.41) is 16.3. The molecule has 0 aliphatic heterocycles. The molecule has 5 N–H and O–H groups in total. The molecule has 2 aliphatic rings. The summed E-state index contributed by atoms with van der Waals surface area (Å²) in [5.41, 5.74) is 5.61. The summed E-state index contributed by atoms with van der Waals surface area (Å²) >= 11 is 0. The summed E-state index contributed by atoms with van der Waals surface area (Å²) in [7, 11) is 0. The quantitative estimate of drug-likeness (QED) is 0.582. The SMILES string of the molecule is NC(=O)c1cnc(NC2CCC(F)(F)CC2)nc1N[C@@H]1CCCCC(O)C1. The van der Waals surface area contributed by atoms with Gasteiger partial charge in [-0.05, 0) is 32.1 Å². The number of rotatable bonds is 5. The lowest BCUT2D eigenvalue weighted by molar-refractivity contribution is -0.0361. The van der Waals surface area contributed by atoms with Gasteiger partial charge in [-0.25, -0.2) is 13.8 Å². The topological polar surface area (TPSA) is 113 Å². The van der Waals surface area contributed by atoms with E-state index in [1.807, 2.05) is 0 Å². The number of carbonyl (C=O) groups excluding carboxylic acids is 1. The zero-order valence-corrected chi connectivity index (χ0v) is 15.3. The van der Waals surface area contributed by atoms with Gasteiger partial charge in [-0.3, -0.25) is 4.79 Å². The van der Waals surface area contributed by atoms with Crippen molar-refractivity contribution < 1.29 is 18.7 Å². The van der Waals surface area contributed by atoms with Gasteiger partial charge in [-0.1, -0.05) is 12.8 Å². The predicted octanol–water partition coefficient (Wildman–Crippen LogP) is 2.67. The monoisotopic (exact) mass is 383 g/mol. The summed E-state index contributed by atoms with van der Waals surface area (Å²) in [6.07, 6.45) is 5.47. The summed E-state index contributed by atoms with van der Waals surface area (Å²) in [5.74, 6) is -2.63. The number of hydrogen-bond donors (Lipinski definition) is 4. The Hall–Kier alpha value is -2.03. The Morgan fingerprint density at radius 2 is 1.85 bits per heavy atom. The lowest BCUT2D eigenvalue weighted by atomic mass is 9.92. The van der Waals surface area contributed by atoms with Crippen LogP contribution in [0.25, 0.3) is 0 Å². The molecule has 7 nitrogen and oxygen atoms in total. The molecule has 2 saturated carbocycles. The van der Waals surface area contributed by atoms with Gasteiger partial charge >= 0.3 is 0 Å². The average Bonchev–Trinajstić information content (AvgIpc) is 2.80. The maximum absolute atomic E-state index is 13.3. The highest BCUT2D eigenvalue weighted by Gasteiger charge is 2.35. The van der Waals surface area contributed by atoms with Crippen molar-refractivity contribution in [3.05, 3.63) is 11.8 Å². The van der Waals surface area contributed by atoms with Crippen LogP contribution in [0, 0.1) is 0 Å². The molecule has 1 aromatic heterocycles. The van der Waals surface area contributed by atoms with E-state index in [1.165, 1.54) is 6.20 Å². The fraction of sp³-hybridized carbons (Fsp3) is 0.722. The molecule has 0 saturated heterocycles. The highest BCUT2D eigenvalue weighted by atomic mass is 19.3. The summed E-state index contributed by atoms with van der Waals surface area (Å²) in [6.45, 7) is 0. The lowest BCUT2D eigenvalue weighted by Crippen LogP contribution is -2.33. The molecule has 1 unspecified atom stereocenters. The zero-order valence-electron chi connectivity index (χ0n) is 15.3. The van der Waals surface area contributed by atoms with Crippen molar-refractivity contribution in [1.82, 2.24) is 9.97 Å². The molecule has 3 rings (SSSR count). The minimum Gasteiger partial charge on any atom is -0.393 e. The second-order valence-corrected chi connectivity index (χ2v) is 7.61. The fourth-order valence-electron chi connectivity index (χ4n) is 3.77. The third kappa shape index (κ3) is 5.47. The Balaban J connectivity index is 1.71. The minimum atomic E-state index is -2.60. The van der Waals surface area contributed by atoms with E-state index in [4.69, 9.17) is 5.73 Å². The van der Waals surface area contributed by atoms with Crippen LogP contribution in [0.3, 0.4) is 0 Å². The van der Waals surface area contributed by atoms with Crippen molar-refractivity contribution in [3.8, 4) is 0 Å². The highest BCUT2D eigenvalue weighted by molar-refractivity contribution is 5.97. The smallest absolute Gasteiger partial charge is 0.254 e. The molecule has 2 fully saturated rings. The maximum Gasteiger partial charge on any atom is 0.254 e. The number of nitrogens with zero attached hydrogens (tertiary/aromatic N) is 2. The summed E-state index contributed by atoms with van der Waals surface area (Å²) in [4.78, 5) is 20.2. The highest BCUT2D eigenvalue weighted by Crippen LogP contribution is 2.34. The number of halogens is 2. The number of hydrogen-bond acceptors (Lipinski definition) is 6. The van der Waals surface area contributed by atoms with Crippen LogP contribution in [0.5, 0.6) is 0 Å². The van der Waals surface area contributed by atoms with Gasteiger partial charge in [0.1, 0.15) is 5.82 Å². The van der Waals surface area contributed by atoms with Gasteiger partial charge in [0.2, 0.25) is 11.9 Å². The van der Waals surface area contributed by atoms with Crippen molar-refractivity contribution in [3.63, 3.8) is 0 Å². The minimum absolute atomic E-state index is 0.0169. The Morgan fingerprint density at radius 1 is 1.15 bits per heavy atom. The van der Waals surface area contributed by atoms with Crippen molar-refractivity contribution in [2.75, 3.05) is 10.6 Å². The van der Waals surface area contributed by atoms with Gasteiger partial charge in [0, 0.05) is 31.1 Å². The van der Waals surface area contributed by atoms with Gasteiger partial charge in [-0.2, -0.15) is 4.98 Å². The van der Waals surface area contributed by atoms with Crippen molar-refractivity contribution in [1.29, 1.82) is 0 Å². The molecule has 27 heavy (non-hydrogen) atoms. The van der Waals surface area contributed by atoms with Crippen LogP contribution in [0.4, 0.5) is 20.5 Å². The van der Waals surface area contributed by atoms with Gasteiger partial charge < -0.3 is 21.5 Å². The number of carbonyl (C=O) groups is 1. The Morgan fingerprint density at radius 3 is 2.56 bits per heavy atom. The Kier molecular flexibility index (Phi) is 6.08. The fourth-order valence-corrected chi connectivity index (χ4v) is 3.77. The van der Waals surface area contributed by atoms with Gasteiger partial charge in [0.05, 0.1) is 11.7 Å². The van der Waals surface area contributed by atoms with E-state index < -0.39 is 11.8 Å². The van der Waals surface area contributed by atoms with Crippen molar-refractivity contribution in [2.24, 2.45) is 5.73 Å². The molecule has 1 amide bonds. The normalized spacial score (nSPS) is 26.2. The van der Waals surface area contributed by atoms with E-state index >= 15 is 0 Å². The number of anilines is 2. The first-order chi connectivity index (χ1) is 12.8. The molecule has 9 heteroatoms. The van der Waals surface area contributed by atoms with Crippen LogP contribution in [0.15, 0.2) is 6.20 Å². The van der Waals surface area contributed by atoms with E-state index in [2.05, 4.69) is 20.6 Å². The van der Waals surface area contributed by atoms with E-state index in [0.29, 0.717) is 25.1 Å². The molecule has 0 radical (unpaired) electrons. The molecule has 150 valence electrons. The van der Waals surface area contributed by atoms with Crippen LogP contribution in [-0.4, -0.2) is 45.1 Å². The Labute approximate surface area is 157 Å². The van der Waals surface area contributed by atoms with Crippen LogP contribution >= 0.6 is 0 Å². The number of alkyl halides is 2. The molecular weight excluding hydrogens is 356 g/mol. The number of aliphatic hydroxyl groups excluding tert-OH is 1. The number of primary amides is 1. The first kappa shape index (κ1) is 19.7. The molecule has 2 aliphatic carbocycles. The largest absolute Gasteiger partial charge is 0.393 e. The standard InChI is InChI=1S/C18H27F2N5O2/c19-18(20)7-5-11(6-8-18)24-17-22-10-14(15(21)27)16(25-17)23-12-3-1-2-4-13(26)9-12/h10-13,26H,1-9H2,(H2,21,27)(H2,22,23,24,25)/t12-,13?/m1/s1. The second-order valence-electron chi connectivity index (χ2n) is 7.61. The van der Waals surface area contributed by atoms with Crippen molar-refractivity contribution in [2.45, 2.75) is 81.9 Å². The summed E-state index contributed by atoms with van der Waals surface area (Å²) in [6, 6.07) is -0.145. The molecule has 2 atom stereocenters. The van der Waals surface area contributed by atoms with E-state index in [1.54, 1.807) is 0 Å². The third-order valence-electron chi connectivity index (χ3n) is 5.34. The van der Waals surface area contributed by atoms with Crippen LogP contribution in [-0.2, 0) is 0 Å². The first-order valence-corrected chi connectivity index (χ1v) is 9.58. The van der Waals surface area contributed by atoms with Gasteiger partial charge in [0.15, 0.2) is 0 Å². The Bertz CT molecular complexity index is 663. The van der Waals surface area contributed by atoms with Crippen LogP contribution in [0.1, 0.15) is 68.1 Å². The van der Waals surface area contributed by atoms with Crippen LogP contribution < -0.4 is 16.4 Å². The number of aliphatic hydroxyl groups is 1. The number of amides is 1. The molecule has 1 heterocycles. The average molecular weight is 383 g/mol. The maximum atomic E-state index is 13.3. The predicted molar refractivity (Wildman–Crippen MR) is 97.9 cm³/mol. The number of nitrogens with two attached hydrogens (primary N) is 1. The molecule has 0 spiro atoms. The van der Waals surface area contributed by atoms with E-state index in [9.17, 15) is 18.7 Å². The molecule has 0 aromatic carbocycles. The lowest BCUT2D eigenvalue weighted by Gasteiger charge is -2.29. The molecule has 1 aromatic rings. The number of nitrogens with one attached hydrogen (secondary N) is 2. The first-order valence-electron chi connectivity index (χ1n) is 9.58. The molecular formula is C18H27F2N5O2. The zero-order chi connectivity index (χ0) is 19.4. The van der Waals surface area contributed by atoms with Crippen molar-refractivity contribution >= 4 is 17.7 Å². The summed E-state index contributed by atoms with van der Waals surface area (Å²) < 4.78 is 26.6. The van der Waals surface area contributed by atoms with Crippen LogP contribution in [0.2, 0.25) is 0 Å². The number of aromatic nitrogens is 2. The third-order valence-corrected chi connectivity index (χ3v) is 5.34.